The molecule has 162 valence electrons. The number of fused-ring (bicyclic) bond motifs is 1. The van der Waals surface area contributed by atoms with Crippen molar-refractivity contribution in [2.45, 2.75) is 12.5 Å². The van der Waals surface area contributed by atoms with Crippen LogP contribution in [0, 0.1) is 11.3 Å². The third-order valence-corrected chi connectivity index (χ3v) is 5.66. The molecule has 6 nitrogen and oxygen atoms in total. The quantitative estimate of drug-likeness (QED) is 0.590. The van der Waals surface area contributed by atoms with Gasteiger partial charge in [0.1, 0.15) is 5.75 Å². The third kappa shape index (κ3) is 4.23. The average molecular weight is 428 g/mol. The first-order valence-corrected chi connectivity index (χ1v) is 10.4. The van der Waals surface area contributed by atoms with Crippen LogP contribution in [0.2, 0.25) is 0 Å². The summed E-state index contributed by atoms with van der Waals surface area (Å²) in [4.78, 5) is 15.1. The second-order valence-electron chi connectivity index (χ2n) is 7.48. The number of hydrogen-bond donors (Lipinski definition) is 0. The van der Waals surface area contributed by atoms with Crippen LogP contribution in [0.25, 0.3) is 0 Å². The van der Waals surface area contributed by atoms with Crippen LogP contribution in [-0.4, -0.2) is 38.2 Å². The standard InChI is InChI=1S/C26H24N2O4/c1-30-23-14-20-12-13-28(25(29)17-32-21-10-8-18(16-27)9-11-21)26(19-6-4-3-5-7-19)22(20)15-24(23)31-2/h3-11,14-15,26H,12-13,17H2,1-2H3. The van der Waals surface area contributed by atoms with E-state index in [-0.39, 0.29) is 18.6 Å². The van der Waals surface area contributed by atoms with E-state index >= 15 is 0 Å². The maximum Gasteiger partial charge on any atom is 0.261 e. The molecule has 4 rings (SSSR count). The Labute approximate surface area is 187 Å². The van der Waals surface area contributed by atoms with E-state index in [1.165, 1.54) is 0 Å². The van der Waals surface area contributed by atoms with Gasteiger partial charge in [-0.15, -0.1) is 0 Å². The van der Waals surface area contributed by atoms with Crippen molar-refractivity contribution in [3.8, 4) is 23.3 Å². The van der Waals surface area contributed by atoms with E-state index in [2.05, 4.69) is 6.07 Å². The molecule has 1 atom stereocenters. The molecule has 0 spiro atoms. The molecule has 0 aliphatic carbocycles. The van der Waals surface area contributed by atoms with Gasteiger partial charge in [-0.3, -0.25) is 4.79 Å². The highest BCUT2D eigenvalue weighted by Crippen LogP contribution is 2.41. The Kier molecular flexibility index (Phi) is 6.27. The van der Waals surface area contributed by atoms with Crippen molar-refractivity contribution in [1.29, 1.82) is 5.26 Å². The van der Waals surface area contributed by atoms with E-state index in [1.54, 1.807) is 38.5 Å². The highest BCUT2D eigenvalue weighted by Gasteiger charge is 2.33. The number of carbonyl (C=O) groups excluding carboxylic acids is 1. The normalized spacial score (nSPS) is 14.8. The minimum absolute atomic E-state index is 0.0855. The maximum absolute atomic E-state index is 13.3. The van der Waals surface area contributed by atoms with Gasteiger partial charge in [0.05, 0.1) is 31.9 Å². The maximum atomic E-state index is 13.3. The number of nitriles is 1. The number of carbonyl (C=O) groups is 1. The number of nitrogens with zero attached hydrogens (tertiary/aromatic N) is 2. The average Bonchev–Trinajstić information content (AvgIpc) is 2.86. The van der Waals surface area contributed by atoms with Gasteiger partial charge in [0.15, 0.2) is 18.1 Å². The second-order valence-corrected chi connectivity index (χ2v) is 7.48. The van der Waals surface area contributed by atoms with Gasteiger partial charge in [0.2, 0.25) is 0 Å². The zero-order valence-electron chi connectivity index (χ0n) is 18.1. The molecule has 3 aromatic rings. The Bertz CT molecular complexity index is 1140. The summed E-state index contributed by atoms with van der Waals surface area (Å²) < 4.78 is 16.7. The van der Waals surface area contributed by atoms with Crippen molar-refractivity contribution < 1.29 is 19.0 Å². The van der Waals surface area contributed by atoms with Crippen molar-refractivity contribution in [3.05, 3.63) is 89.0 Å². The topological polar surface area (TPSA) is 71.8 Å². The lowest BCUT2D eigenvalue weighted by Gasteiger charge is -2.38. The summed E-state index contributed by atoms with van der Waals surface area (Å²) in [6, 6.07) is 22.5. The lowest BCUT2D eigenvalue weighted by molar-refractivity contribution is -0.135. The predicted molar refractivity (Wildman–Crippen MR) is 120 cm³/mol. The second kappa shape index (κ2) is 9.44. The molecule has 1 amide bonds. The molecule has 1 aliphatic heterocycles. The van der Waals surface area contributed by atoms with E-state index in [0.29, 0.717) is 35.8 Å². The minimum atomic E-state index is -0.253. The van der Waals surface area contributed by atoms with E-state index < -0.39 is 0 Å². The summed E-state index contributed by atoms with van der Waals surface area (Å²) in [6.07, 6.45) is 0.710. The highest BCUT2D eigenvalue weighted by atomic mass is 16.5. The summed E-state index contributed by atoms with van der Waals surface area (Å²) in [7, 11) is 3.23. The van der Waals surface area contributed by atoms with Crippen LogP contribution in [0.1, 0.15) is 28.3 Å². The van der Waals surface area contributed by atoms with Gasteiger partial charge in [0.25, 0.3) is 5.91 Å². The van der Waals surface area contributed by atoms with E-state index in [9.17, 15) is 4.79 Å². The van der Waals surface area contributed by atoms with Crippen molar-refractivity contribution in [1.82, 2.24) is 4.90 Å². The number of methoxy groups -OCH3 is 2. The van der Waals surface area contributed by atoms with Crippen molar-refractivity contribution in [3.63, 3.8) is 0 Å². The molecule has 6 heteroatoms. The Morgan fingerprint density at radius 1 is 1.03 bits per heavy atom. The Hall–Kier alpha value is -3.98. The first kappa shape index (κ1) is 21.3. The molecule has 0 radical (unpaired) electrons. The Balaban J connectivity index is 1.64. The van der Waals surface area contributed by atoms with E-state index in [4.69, 9.17) is 19.5 Å². The summed E-state index contributed by atoms with van der Waals surface area (Å²) in [5, 5.41) is 8.94. The van der Waals surface area contributed by atoms with Crippen molar-refractivity contribution in [2.75, 3.05) is 27.4 Å². The monoisotopic (exact) mass is 428 g/mol. The minimum Gasteiger partial charge on any atom is -0.493 e. The molecule has 0 bridgehead atoms. The Morgan fingerprint density at radius 3 is 2.38 bits per heavy atom. The van der Waals surface area contributed by atoms with Crippen molar-refractivity contribution >= 4 is 5.91 Å². The molecule has 1 aliphatic rings. The third-order valence-electron chi connectivity index (χ3n) is 5.66. The summed E-state index contributed by atoms with van der Waals surface area (Å²) in [5.41, 5.74) is 3.72. The van der Waals surface area contributed by atoms with Gasteiger partial charge in [-0.1, -0.05) is 30.3 Å². The van der Waals surface area contributed by atoms with Crippen LogP contribution in [0.5, 0.6) is 17.2 Å². The Morgan fingerprint density at radius 2 is 1.72 bits per heavy atom. The van der Waals surface area contributed by atoms with Crippen LogP contribution in [-0.2, 0) is 11.2 Å². The fourth-order valence-corrected chi connectivity index (χ4v) is 4.06. The summed E-state index contributed by atoms with van der Waals surface area (Å²) in [6.45, 7) is 0.482. The molecule has 0 saturated carbocycles. The van der Waals surface area contributed by atoms with Gasteiger partial charge in [-0.2, -0.15) is 5.26 Å². The predicted octanol–water partition coefficient (Wildman–Crippen LogP) is 4.13. The number of amides is 1. The van der Waals surface area contributed by atoms with Crippen LogP contribution in [0.3, 0.4) is 0 Å². The van der Waals surface area contributed by atoms with Gasteiger partial charge in [-0.25, -0.2) is 0 Å². The number of rotatable bonds is 6. The largest absolute Gasteiger partial charge is 0.493 e. The first-order valence-electron chi connectivity index (χ1n) is 10.4. The smallest absolute Gasteiger partial charge is 0.261 e. The molecular weight excluding hydrogens is 404 g/mol. The zero-order valence-corrected chi connectivity index (χ0v) is 18.1. The number of ether oxygens (including phenoxy) is 3. The van der Waals surface area contributed by atoms with Crippen LogP contribution < -0.4 is 14.2 Å². The van der Waals surface area contributed by atoms with Crippen LogP contribution in [0.15, 0.2) is 66.7 Å². The highest BCUT2D eigenvalue weighted by molar-refractivity contribution is 5.79. The summed E-state index contributed by atoms with van der Waals surface area (Å²) in [5.74, 6) is 1.76. The number of benzene rings is 3. The van der Waals surface area contributed by atoms with Crippen LogP contribution in [0.4, 0.5) is 0 Å². The fraction of sp³-hybridized carbons (Fsp3) is 0.231. The van der Waals surface area contributed by atoms with Gasteiger partial charge in [-0.05, 0) is 59.5 Å². The van der Waals surface area contributed by atoms with E-state index in [0.717, 1.165) is 16.7 Å². The first-order chi connectivity index (χ1) is 15.6. The molecule has 3 aromatic carbocycles. The molecule has 1 heterocycles. The van der Waals surface area contributed by atoms with Crippen LogP contribution >= 0.6 is 0 Å². The fourth-order valence-electron chi connectivity index (χ4n) is 4.06. The lowest BCUT2D eigenvalue weighted by Crippen LogP contribution is -2.43. The molecule has 0 aromatic heterocycles. The molecule has 0 N–H and O–H groups in total. The van der Waals surface area contributed by atoms with Gasteiger partial charge >= 0.3 is 0 Å². The summed E-state index contributed by atoms with van der Waals surface area (Å²) >= 11 is 0. The van der Waals surface area contributed by atoms with Crippen molar-refractivity contribution in [2.24, 2.45) is 0 Å². The molecule has 32 heavy (non-hydrogen) atoms. The molecule has 1 unspecified atom stereocenters. The van der Waals surface area contributed by atoms with Gasteiger partial charge in [0, 0.05) is 6.54 Å². The lowest BCUT2D eigenvalue weighted by atomic mass is 9.87. The number of hydrogen-bond acceptors (Lipinski definition) is 5. The van der Waals surface area contributed by atoms with Gasteiger partial charge < -0.3 is 19.1 Å². The molecular formula is C26H24N2O4. The SMILES string of the molecule is COc1cc2c(cc1OC)C(c1ccccc1)N(C(=O)COc1ccc(C#N)cc1)CC2. The zero-order chi connectivity index (χ0) is 22.5. The van der Waals surface area contributed by atoms with E-state index in [1.807, 2.05) is 47.4 Å². The molecule has 0 fully saturated rings. The molecule has 0 saturated heterocycles.